The molecular weight excluding hydrogens is 194 g/mol. The maximum absolute atomic E-state index is 5.81. The minimum atomic E-state index is 0.725. The summed E-state index contributed by atoms with van der Waals surface area (Å²) in [5, 5.41) is 0. The molecule has 2 N–H and O–H groups in total. The number of anilines is 1. The van der Waals surface area contributed by atoms with Crippen molar-refractivity contribution in [2.45, 2.75) is 6.92 Å². The topological polar surface area (TPSA) is 26.0 Å². The third-order valence-corrected chi connectivity index (χ3v) is 2.32. The van der Waals surface area contributed by atoms with Crippen molar-refractivity contribution in [2.24, 2.45) is 0 Å². The number of rotatable bonds is 0. The molecule has 0 spiro atoms. The van der Waals surface area contributed by atoms with Crippen LogP contribution in [0, 0.1) is 18.8 Å². The van der Waals surface area contributed by atoms with Gasteiger partial charge in [-0.1, -0.05) is 36.1 Å². The van der Waals surface area contributed by atoms with Crippen LogP contribution in [0.1, 0.15) is 16.7 Å². The highest BCUT2D eigenvalue weighted by atomic mass is 14.5. The molecular formula is C15H13N. The molecule has 0 unspecified atom stereocenters. The zero-order chi connectivity index (χ0) is 11.4. The van der Waals surface area contributed by atoms with E-state index in [9.17, 15) is 0 Å². The molecule has 1 nitrogen and oxygen atoms in total. The molecule has 2 aromatic carbocycles. The summed E-state index contributed by atoms with van der Waals surface area (Å²) in [7, 11) is 0. The normalized spacial score (nSPS) is 9.31. The summed E-state index contributed by atoms with van der Waals surface area (Å²) in [5.74, 6) is 6.19. The number of aryl methyl sites for hydroxylation is 1. The van der Waals surface area contributed by atoms with Gasteiger partial charge in [-0.2, -0.15) is 0 Å². The van der Waals surface area contributed by atoms with E-state index in [0.717, 1.165) is 16.8 Å². The van der Waals surface area contributed by atoms with Crippen LogP contribution in [0.25, 0.3) is 0 Å². The minimum Gasteiger partial charge on any atom is -0.398 e. The minimum absolute atomic E-state index is 0.725. The second-order valence-corrected chi connectivity index (χ2v) is 3.71. The van der Waals surface area contributed by atoms with Crippen LogP contribution in [-0.4, -0.2) is 0 Å². The highest BCUT2D eigenvalue weighted by Crippen LogP contribution is 2.09. The van der Waals surface area contributed by atoms with Gasteiger partial charge >= 0.3 is 0 Å². The molecule has 0 bridgehead atoms. The molecule has 0 radical (unpaired) electrons. The Morgan fingerprint density at radius 3 is 2.50 bits per heavy atom. The van der Waals surface area contributed by atoms with Gasteiger partial charge in [0, 0.05) is 16.8 Å². The molecule has 0 heterocycles. The summed E-state index contributed by atoms with van der Waals surface area (Å²) in [6, 6.07) is 15.8. The van der Waals surface area contributed by atoms with Gasteiger partial charge in [0.1, 0.15) is 0 Å². The van der Waals surface area contributed by atoms with Gasteiger partial charge in [-0.25, -0.2) is 0 Å². The summed E-state index contributed by atoms with van der Waals surface area (Å²) in [4.78, 5) is 0. The van der Waals surface area contributed by atoms with Gasteiger partial charge in [-0.05, 0) is 36.8 Å². The molecule has 0 aliphatic carbocycles. The number of hydrogen-bond acceptors (Lipinski definition) is 1. The second-order valence-electron chi connectivity index (χ2n) is 3.71. The average molecular weight is 207 g/mol. The molecule has 2 aromatic rings. The molecule has 2 rings (SSSR count). The van der Waals surface area contributed by atoms with Crippen LogP contribution in [0.4, 0.5) is 5.69 Å². The van der Waals surface area contributed by atoms with Crippen molar-refractivity contribution in [1.82, 2.24) is 0 Å². The van der Waals surface area contributed by atoms with Crippen molar-refractivity contribution in [1.29, 1.82) is 0 Å². The molecule has 0 saturated carbocycles. The fraction of sp³-hybridized carbons (Fsp3) is 0.0667. The lowest BCUT2D eigenvalue weighted by Gasteiger charge is -1.96. The molecule has 0 atom stereocenters. The Bertz CT molecular complexity index is 559. The molecule has 0 amide bonds. The number of nitrogen functional groups attached to an aromatic ring is 1. The van der Waals surface area contributed by atoms with Gasteiger partial charge in [0.15, 0.2) is 0 Å². The molecule has 1 heteroatoms. The van der Waals surface area contributed by atoms with Crippen LogP contribution in [0.3, 0.4) is 0 Å². The van der Waals surface area contributed by atoms with Crippen LogP contribution >= 0.6 is 0 Å². The number of nitrogens with two attached hydrogens (primary N) is 1. The third-order valence-electron chi connectivity index (χ3n) is 2.32. The predicted molar refractivity (Wildman–Crippen MR) is 68.0 cm³/mol. The standard InChI is InChI=1S/C15H13N/c1-12-5-4-6-13(11-12)9-10-14-7-2-3-8-15(14)16/h2-8,11H,16H2,1H3. The van der Waals surface area contributed by atoms with Crippen LogP contribution in [0.15, 0.2) is 48.5 Å². The lowest BCUT2D eigenvalue weighted by Crippen LogP contribution is -1.88. The molecule has 78 valence electrons. The first-order valence-corrected chi connectivity index (χ1v) is 5.19. The summed E-state index contributed by atoms with van der Waals surface area (Å²) in [5.41, 5.74) is 9.65. The monoisotopic (exact) mass is 207 g/mol. The first kappa shape index (κ1) is 10.3. The highest BCUT2D eigenvalue weighted by Gasteiger charge is 1.92. The van der Waals surface area contributed by atoms with Crippen LogP contribution in [-0.2, 0) is 0 Å². The fourth-order valence-corrected chi connectivity index (χ4v) is 1.47. The smallest absolute Gasteiger partial charge is 0.0478 e. The van der Waals surface area contributed by atoms with Gasteiger partial charge < -0.3 is 5.73 Å². The summed E-state index contributed by atoms with van der Waals surface area (Å²) in [6.07, 6.45) is 0. The van der Waals surface area contributed by atoms with Gasteiger partial charge in [0.2, 0.25) is 0 Å². The van der Waals surface area contributed by atoms with Crippen molar-refractivity contribution in [2.75, 3.05) is 5.73 Å². The van der Waals surface area contributed by atoms with Crippen molar-refractivity contribution in [3.05, 3.63) is 65.2 Å². The van der Waals surface area contributed by atoms with Gasteiger partial charge in [-0.3, -0.25) is 0 Å². The molecule has 0 saturated heterocycles. The SMILES string of the molecule is Cc1cccc(C#Cc2ccccc2N)c1. The maximum atomic E-state index is 5.81. The fourth-order valence-electron chi connectivity index (χ4n) is 1.47. The second kappa shape index (κ2) is 4.55. The van der Waals surface area contributed by atoms with Crippen molar-refractivity contribution >= 4 is 5.69 Å². The largest absolute Gasteiger partial charge is 0.398 e. The summed E-state index contributed by atoms with van der Waals surface area (Å²) in [6.45, 7) is 2.06. The molecule has 0 aromatic heterocycles. The first-order valence-electron chi connectivity index (χ1n) is 5.19. The zero-order valence-electron chi connectivity index (χ0n) is 9.20. The van der Waals surface area contributed by atoms with Crippen molar-refractivity contribution in [3.8, 4) is 11.8 Å². The Morgan fingerprint density at radius 2 is 1.75 bits per heavy atom. The van der Waals surface area contributed by atoms with E-state index in [1.54, 1.807) is 0 Å². The summed E-state index contributed by atoms with van der Waals surface area (Å²) < 4.78 is 0. The van der Waals surface area contributed by atoms with Crippen molar-refractivity contribution in [3.63, 3.8) is 0 Å². The molecule has 0 fully saturated rings. The predicted octanol–water partition coefficient (Wildman–Crippen LogP) is 2.98. The molecule has 0 aliphatic rings. The van der Waals surface area contributed by atoms with Gasteiger partial charge in [0.05, 0.1) is 0 Å². The van der Waals surface area contributed by atoms with Gasteiger partial charge in [0.25, 0.3) is 0 Å². The molecule has 16 heavy (non-hydrogen) atoms. The van der Waals surface area contributed by atoms with E-state index in [0.29, 0.717) is 0 Å². The maximum Gasteiger partial charge on any atom is 0.0478 e. The number of benzene rings is 2. The Hall–Kier alpha value is -2.20. The van der Waals surface area contributed by atoms with E-state index in [1.807, 2.05) is 36.4 Å². The lowest BCUT2D eigenvalue weighted by molar-refractivity contribution is 1.45. The van der Waals surface area contributed by atoms with Crippen LogP contribution < -0.4 is 5.73 Å². The van der Waals surface area contributed by atoms with Gasteiger partial charge in [-0.15, -0.1) is 0 Å². The number of hydrogen-bond donors (Lipinski definition) is 1. The van der Waals surface area contributed by atoms with E-state index < -0.39 is 0 Å². The first-order chi connectivity index (χ1) is 7.75. The van der Waals surface area contributed by atoms with Crippen LogP contribution in [0.5, 0.6) is 0 Å². The Balaban J connectivity index is 2.32. The Morgan fingerprint density at radius 1 is 0.938 bits per heavy atom. The van der Waals surface area contributed by atoms with E-state index in [1.165, 1.54) is 5.56 Å². The number of para-hydroxylation sites is 1. The van der Waals surface area contributed by atoms with E-state index in [2.05, 4.69) is 30.9 Å². The third kappa shape index (κ3) is 2.43. The van der Waals surface area contributed by atoms with E-state index in [-0.39, 0.29) is 0 Å². The summed E-state index contributed by atoms with van der Waals surface area (Å²) >= 11 is 0. The van der Waals surface area contributed by atoms with E-state index in [4.69, 9.17) is 5.73 Å². The van der Waals surface area contributed by atoms with Crippen LogP contribution in [0.2, 0.25) is 0 Å². The zero-order valence-corrected chi connectivity index (χ0v) is 9.20. The Kier molecular flexibility index (Phi) is 2.93. The molecule has 0 aliphatic heterocycles. The van der Waals surface area contributed by atoms with Crippen molar-refractivity contribution < 1.29 is 0 Å². The quantitative estimate of drug-likeness (QED) is 0.521. The lowest BCUT2D eigenvalue weighted by atomic mass is 10.1. The Labute approximate surface area is 95.9 Å². The average Bonchev–Trinajstić information content (AvgIpc) is 2.28. The van der Waals surface area contributed by atoms with E-state index >= 15 is 0 Å². The highest BCUT2D eigenvalue weighted by molar-refractivity contribution is 5.57.